The number of likely N-dealkylation sites (tertiary alicyclic amines) is 3. The minimum atomic E-state index is -0.451. The average molecular weight is 759 g/mol. The normalized spacial score (nSPS) is 23.7. The Balaban J connectivity index is 0.000000178. The van der Waals surface area contributed by atoms with Crippen LogP contribution in [-0.2, 0) is 21.3 Å². The summed E-state index contributed by atoms with van der Waals surface area (Å²) in [4.78, 5) is 45.6. The van der Waals surface area contributed by atoms with Gasteiger partial charge in [0.05, 0.1) is 0 Å². The first-order valence-electron chi connectivity index (χ1n) is 16.0. The van der Waals surface area contributed by atoms with E-state index in [2.05, 4.69) is 46.1 Å². The van der Waals surface area contributed by atoms with E-state index >= 15 is 0 Å². The van der Waals surface area contributed by atoms with Crippen LogP contribution in [0.3, 0.4) is 0 Å². The predicted molar refractivity (Wildman–Crippen MR) is 185 cm³/mol. The van der Waals surface area contributed by atoms with Crippen LogP contribution in [0.5, 0.6) is 0 Å². The van der Waals surface area contributed by atoms with Crippen LogP contribution >= 0.6 is 39.1 Å². The van der Waals surface area contributed by atoms with Crippen LogP contribution < -0.4 is 5.32 Å². The molecule has 0 radical (unpaired) electrons. The number of alkyl halides is 1. The Hall–Kier alpha value is -2.32. The number of nitrogens with one attached hydrogen (secondary N) is 1. The Bertz CT molecular complexity index is 1330. The minimum absolute atomic E-state index is 0.172. The molecule has 6 heterocycles. The Morgan fingerprint density at radius 2 is 1.30 bits per heavy atom. The number of piperidine rings is 2. The van der Waals surface area contributed by atoms with Gasteiger partial charge in [0.25, 0.3) is 0 Å². The molecule has 2 aromatic rings. The molecule has 0 aromatic carbocycles. The summed E-state index contributed by atoms with van der Waals surface area (Å²) >= 11 is 14.4. The number of hydrogen-bond acceptors (Lipinski definition) is 10. The van der Waals surface area contributed by atoms with E-state index in [0.717, 1.165) is 81.0 Å². The molecule has 4 fully saturated rings. The third-order valence-corrected chi connectivity index (χ3v) is 9.29. The van der Waals surface area contributed by atoms with Crippen LogP contribution in [0.4, 0.5) is 9.59 Å². The van der Waals surface area contributed by atoms with Gasteiger partial charge in [-0.2, -0.15) is 0 Å². The van der Waals surface area contributed by atoms with E-state index in [1.54, 1.807) is 24.8 Å². The highest BCUT2D eigenvalue weighted by atomic mass is 79.9. The molecule has 2 aromatic heterocycles. The summed E-state index contributed by atoms with van der Waals surface area (Å²) < 4.78 is 10.8. The molecule has 15 heteroatoms. The average Bonchev–Trinajstić information content (AvgIpc) is 2.97. The van der Waals surface area contributed by atoms with Crippen molar-refractivity contribution in [3.8, 4) is 0 Å². The van der Waals surface area contributed by atoms with Crippen molar-refractivity contribution in [2.24, 2.45) is 11.8 Å². The lowest BCUT2D eigenvalue weighted by Crippen LogP contribution is -2.64. The second-order valence-corrected chi connectivity index (χ2v) is 15.6. The first kappa shape index (κ1) is 37.5. The van der Waals surface area contributed by atoms with E-state index in [1.807, 2.05) is 51.3 Å². The molecule has 4 atom stereocenters. The van der Waals surface area contributed by atoms with E-state index < -0.39 is 5.60 Å². The monoisotopic (exact) mass is 756 g/mol. The van der Waals surface area contributed by atoms with Crippen LogP contribution in [-0.4, -0.2) is 109 Å². The summed E-state index contributed by atoms with van der Waals surface area (Å²) in [5.74, 6) is 1.45. The molecule has 1 N–H and O–H groups in total. The number of fused-ring (bicyclic) bond motifs is 2. The second-order valence-electron chi connectivity index (χ2n) is 14.3. The van der Waals surface area contributed by atoms with Crippen molar-refractivity contribution >= 4 is 51.3 Å². The number of amides is 2. The van der Waals surface area contributed by atoms with E-state index in [-0.39, 0.29) is 23.1 Å². The Morgan fingerprint density at radius 1 is 0.809 bits per heavy atom. The first-order valence-corrected chi connectivity index (χ1v) is 17.9. The quantitative estimate of drug-likeness (QED) is 0.303. The highest BCUT2D eigenvalue weighted by Crippen LogP contribution is 2.34. The minimum Gasteiger partial charge on any atom is -0.444 e. The molecule has 0 spiro atoms. The topological polar surface area (TPSA) is 126 Å². The van der Waals surface area contributed by atoms with Crippen molar-refractivity contribution < 1.29 is 19.1 Å². The van der Waals surface area contributed by atoms with Gasteiger partial charge in [0.1, 0.15) is 11.2 Å². The molecule has 4 aliphatic heterocycles. The van der Waals surface area contributed by atoms with Gasteiger partial charge >= 0.3 is 12.2 Å². The van der Waals surface area contributed by atoms with Crippen LogP contribution in [0.25, 0.3) is 0 Å². The first-order chi connectivity index (χ1) is 22.1. The number of rotatable bonds is 3. The molecule has 2 amide bonds. The maximum Gasteiger partial charge on any atom is 0.410 e. The SMILES string of the molecule is CC(C)(C)OC(=O)N1CC[C@H]2CN(Cc3cnc(Cl)nc3)[C@H]2C1.CC(C)(C)OC(=O)N1CC[C@H]2CN[C@H]2C1.Clc1ncc(CBr)cn1. The van der Waals surface area contributed by atoms with Gasteiger partial charge < -0.3 is 24.6 Å². The lowest BCUT2D eigenvalue weighted by molar-refractivity contribution is -0.0557. The Kier molecular flexibility index (Phi) is 13.1. The van der Waals surface area contributed by atoms with Crippen molar-refractivity contribution in [1.29, 1.82) is 0 Å². The summed E-state index contributed by atoms with van der Waals surface area (Å²) in [7, 11) is 0. The summed E-state index contributed by atoms with van der Waals surface area (Å²) in [6.07, 6.45) is 8.66. The van der Waals surface area contributed by atoms with Crippen molar-refractivity contribution in [3.05, 3.63) is 46.5 Å². The van der Waals surface area contributed by atoms with Crippen molar-refractivity contribution in [1.82, 2.24) is 40.0 Å². The summed E-state index contributed by atoms with van der Waals surface area (Å²) in [5.41, 5.74) is 1.23. The number of aromatic nitrogens is 4. The number of ether oxygens (including phenoxy) is 2. The molecular weight excluding hydrogens is 711 g/mol. The maximum absolute atomic E-state index is 12.2. The number of nitrogens with zero attached hydrogens (tertiary/aromatic N) is 7. The van der Waals surface area contributed by atoms with E-state index in [4.69, 9.17) is 32.7 Å². The molecule has 6 rings (SSSR count). The summed E-state index contributed by atoms with van der Waals surface area (Å²) in [6.45, 7) is 17.5. The fourth-order valence-corrected chi connectivity index (χ4v) is 6.24. The fraction of sp³-hybridized carbons (Fsp3) is 0.688. The number of carbonyl (C=O) groups excluding carboxylic acids is 2. The van der Waals surface area contributed by atoms with Gasteiger partial charge in [-0.15, -0.1) is 0 Å². The van der Waals surface area contributed by atoms with E-state index in [9.17, 15) is 9.59 Å². The smallest absolute Gasteiger partial charge is 0.410 e. The molecule has 0 unspecified atom stereocenters. The summed E-state index contributed by atoms with van der Waals surface area (Å²) in [6, 6.07) is 0.901. The van der Waals surface area contributed by atoms with Crippen LogP contribution in [0.1, 0.15) is 65.5 Å². The van der Waals surface area contributed by atoms with E-state index in [1.165, 1.54) is 0 Å². The van der Waals surface area contributed by atoms with Gasteiger partial charge in [0.15, 0.2) is 0 Å². The lowest BCUT2D eigenvalue weighted by Gasteiger charge is -2.53. The zero-order valence-electron chi connectivity index (χ0n) is 28.1. The molecule has 0 saturated carbocycles. The van der Waals surface area contributed by atoms with Gasteiger partial charge in [-0.05, 0) is 102 Å². The zero-order valence-corrected chi connectivity index (χ0v) is 31.2. The molecule has 4 saturated heterocycles. The predicted octanol–water partition coefficient (Wildman–Crippen LogP) is 5.81. The standard InChI is InChI=1S/C16H23ClN4O2.C11H20N2O2.C5H4BrClN2/c1-16(2,3)23-15(22)20-5-4-12-9-21(13(12)10-20)8-11-6-18-14(17)19-7-11;1-11(2,3)15-10(14)13-5-4-8-6-12-9(8)7-13;6-1-4-2-8-5(7)9-3-4/h6-7,12-13H,4-5,8-10H2,1-3H3;8-9,12H,4-7H2,1-3H3;2-3H,1H2/t12-,13-;8-,9-;/m00./s1. The number of carbonyl (C=O) groups is 2. The molecule has 0 bridgehead atoms. The van der Waals surface area contributed by atoms with E-state index in [0.29, 0.717) is 23.3 Å². The van der Waals surface area contributed by atoms with Crippen molar-refractivity contribution in [2.75, 3.05) is 39.3 Å². The number of hydrogen-bond donors (Lipinski definition) is 1. The third-order valence-electron chi connectivity index (χ3n) is 8.25. The second kappa shape index (κ2) is 16.4. The van der Waals surface area contributed by atoms with Gasteiger partial charge in [-0.25, -0.2) is 29.5 Å². The third kappa shape index (κ3) is 11.7. The highest BCUT2D eigenvalue weighted by molar-refractivity contribution is 9.08. The molecule has 0 aliphatic carbocycles. The molecule has 47 heavy (non-hydrogen) atoms. The van der Waals surface area contributed by atoms with Crippen molar-refractivity contribution in [2.45, 2.75) is 89.5 Å². The van der Waals surface area contributed by atoms with Gasteiger partial charge in [0.2, 0.25) is 10.6 Å². The Labute approximate surface area is 296 Å². The molecule has 4 aliphatic rings. The van der Waals surface area contributed by atoms with Gasteiger partial charge in [-0.1, -0.05) is 15.9 Å². The van der Waals surface area contributed by atoms with Crippen LogP contribution in [0, 0.1) is 11.8 Å². The van der Waals surface area contributed by atoms with Gasteiger partial charge in [-0.3, -0.25) is 4.90 Å². The highest BCUT2D eigenvalue weighted by Gasteiger charge is 2.44. The van der Waals surface area contributed by atoms with Crippen molar-refractivity contribution in [3.63, 3.8) is 0 Å². The zero-order chi connectivity index (χ0) is 34.4. The van der Waals surface area contributed by atoms with Crippen LogP contribution in [0.15, 0.2) is 24.8 Å². The fourth-order valence-electron chi connectivity index (χ4n) is 5.75. The Morgan fingerprint density at radius 3 is 1.74 bits per heavy atom. The largest absolute Gasteiger partial charge is 0.444 e. The molecular formula is C32H47BrCl2N8O4. The molecule has 260 valence electrons. The van der Waals surface area contributed by atoms with Gasteiger partial charge in [0, 0.05) is 87.0 Å². The molecule has 12 nitrogen and oxygen atoms in total. The van der Waals surface area contributed by atoms with Crippen LogP contribution in [0.2, 0.25) is 10.6 Å². The lowest BCUT2D eigenvalue weighted by atomic mass is 9.82. The maximum atomic E-state index is 12.2. The summed E-state index contributed by atoms with van der Waals surface area (Å²) in [5, 5.41) is 4.67. The number of halogens is 3.